The molecule has 6 heteroatoms. The van der Waals surface area contributed by atoms with Crippen molar-refractivity contribution in [1.29, 1.82) is 0 Å². The minimum absolute atomic E-state index is 0.0273. The molecule has 2 N–H and O–H groups in total. The number of hydrogen-bond acceptors (Lipinski definition) is 3. The van der Waals surface area contributed by atoms with Crippen LogP contribution in [-0.2, 0) is 14.8 Å². The number of hydrogen-bond donors (Lipinski definition) is 2. The van der Waals surface area contributed by atoms with E-state index in [0.29, 0.717) is 19.3 Å². The fraction of sp³-hybridized carbons (Fsp3) is 0.875. The van der Waals surface area contributed by atoms with Crippen molar-refractivity contribution >= 4 is 16.0 Å². The summed E-state index contributed by atoms with van der Waals surface area (Å²) in [7, 11) is -3.43. The van der Waals surface area contributed by atoms with Gasteiger partial charge < -0.3 is 5.11 Å². The Kier molecular flexibility index (Phi) is 5.71. The smallest absolute Gasteiger partial charge is 0.321 e. The highest BCUT2D eigenvalue weighted by atomic mass is 32.2. The van der Waals surface area contributed by atoms with E-state index in [0.717, 1.165) is 0 Å². The van der Waals surface area contributed by atoms with E-state index in [9.17, 15) is 13.2 Å². The van der Waals surface area contributed by atoms with Gasteiger partial charge in [0.25, 0.3) is 0 Å². The third-order valence-electron chi connectivity index (χ3n) is 1.67. The summed E-state index contributed by atoms with van der Waals surface area (Å²) in [6, 6.07) is -0.989. The van der Waals surface area contributed by atoms with Gasteiger partial charge in [0.05, 0.1) is 5.75 Å². The molecule has 1 unspecified atom stereocenters. The number of rotatable bonds is 7. The number of carbonyl (C=O) groups is 1. The van der Waals surface area contributed by atoms with Crippen LogP contribution in [0.3, 0.4) is 0 Å². The first-order chi connectivity index (χ1) is 6.43. The Morgan fingerprint density at radius 3 is 2.29 bits per heavy atom. The first kappa shape index (κ1) is 13.4. The molecule has 0 fully saturated rings. The Morgan fingerprint density at radius 2 is 1.93 bits per heavy atom. The summed E-state index contributed by atoms with van der Waals surface area (Å²) < 4.78 is 24.7. The van der Waals surface area contributed by atoms with E-state index < -0.39 is 22.0 Å². The fourth-order valence-corrected chi connectivity index (χ4v) is 2.37. The highest BCUT2D eigenvalue weighted by Gasteiger charge is 2.22. The summed E-state index contributed by atoms with van der Waals surface area (Å²) in [5, 5.41) is 8.71. The van der Waals surface area contributed by atoms with Gasteiger partial charge in [-0.15, -0.1) is 0 Å². The zero-order valence-corrected chi connectivity index (χ0v) is 9.30. The van der Waals surface area contributed by atoms with Crippen LogP contribution in [0.1, 0.15) is 33.1 Å². The molecule has 0 bridgehead atoms. The maximum atomic E-state index is 11.2. The third kappa shape index (κ3) is 5.18. The predicted molar refractivity (Wildman–Crippen MR) is 53.5 cm³/mol. The van der Waals surface area contributed by atoms with Crippen LogP contribution in [0.2, 0.25) is 0 Å². The first-order valence-electron chi connectivity index (χ1n) is 4.65. The minimum atomic E-state index is -3.43. The lowest BCUT2D eigenvalue weighted by Crippen LogP contribution is -2.41. The van der Waals surface area contributed by atoms with Crippen molar-refractivity contribution in [1.82, 2.24) is 4.72 Å². The molecule has 0 aromatic heterocycles. The quantitative estimate of drug-likeness (QED) is 0.661. The van der Waals surface area contributed by atoms with Crippen LogP contribution >= 0.6 is 0 Å². The van der Waals surface area contributed by atoms with Gasteiger partial charge in [-0.05, 0) is 12.8 Å². The van der Waals surface area contributed by atoms with Crippen molar-refractivity contribution in [3.63, 3.8) is 0 Å². The molecule has 0 aliphatic carbocycles. The molecule has 0 aromatic rings. The Morgan fingerprint density at radius 1 is 1.36 bits per heavy atom. The topological polar surface area (TPSA) is 83.5 Å². The van der Waals surface area contributed by atoms with Crippen molar-refractivity contribution in [3.8, 4) is 0 Å². The van der Waals surface area contributed by atoms with Crippen molar-refractivity contribution in [3.05, 3.63) is 0 Å². The van der Waals surface area contributed by atoms with E-state index in [-0.39, 0.29) is 5.75 Å². The molecule has 0 spiro atoms. The van der Waals surface area contributed by atoms with Crippen LogP contribution in [0, 0.1) is 0 Å². The van der Waals surface area contributed by atoms with Gasteiger partial charge in [-0.2, -0.15) is 0 Å². The molecule has 0 rings (SSSR count). The lowest BCUT2D eigenvalue weighted by molar-refractivity contribution is -0.139. The summed E-state index contributed by atoms with van der Waals surface area (Å²) in [4.78, 5) is 10.6. The Bertz CT molecular complexity index is 273. The molecule has 0 saturated carbocycles. The molecule has 0 radical (unpaired) electrons. The van der Waals surface area contributed by atoms with Crippen LogP contribution < -0.4 is 4.72 Å². The van der Waals surface area contributed by atoms with Gasteiger partial charge in [-0.1, -0.05) is 20.3 Å². The average molecular weight is 223 g/mol. The second kappa shape index (κ2) is 5.98. The maximum Gasteiger partial charge on any atom is 0.321 e. The SMILES string of the molecule is CCCC(NS(=O)(=O)CCC)C(=O)O. The number of carboxylic acids is 1. The molecule has 0 amide bonds. The molecule has 14 heavy (non-hydrogen) atoms. The number of aliphatic carboxylic acids is 1. The van der Waals surface area contributed by atoms with Crippen molar-refractivity contribution in [2.24, 2.45) is 0 Å². The predicted octanol–water partition coefficient (Wildman–Crippen LogP) is 0.569. The van der Waals surface area contributed by atoms with Crippen molar-refractivity contribution < 1.29 is 18.3 Å². The van der Waals surface area contributed by atoms with Gasteiger partial charge in [0, 0.05) is 0 Å². The van der Waals surface area contributed by atoms with Crippen molar-refractivity contribution in [2.45, 2.75) is 39.2 Å². The monoisotopic (exact) mass is 223 g/mol. The minimum Gasteiger partial charge on any atom is -0.480 e. The van der Waals surface area contributed by atoms with Gasteiger partial charge in [-0.25, -0.2) is 13.1 Å². The molecule has 0 aromatic carbocycles. The first-order valence-corrected chi connectivity index (χ1v) is 6.31. The zero-order chi connectivity index (χ0) is 11.2. The Labute approximate surface area is 84.6 Å². The van der Waals surface area contributed by atoms with Gasteiger partial charge in [0.15, 0.2) is 0 Å². The number of nitrogens with one attached hydrogen (secondary N) is 1. The lowest BCUT2D eigenvalue weighted by Gasteiger charge is -2.13. The maximum absolute atomic E-state index is 11.2. The van der Waals surface area contributed by atoms with E-state index >= 15 is 0 Å². The summed E-state index contributed by atoms with van der Waals surface area (Å²) in [6.45, 7) is 3.54. The molecule has 0 heterocycles. The Hall–Kier alpha value is -0.620. The summed E-state index contributed by atoms with van der Waals surface area (Å²) in [5.74, 6) is -1.15. The lowest BCUT2D eigenvalue weighted by atomic mass is 10.2. The largest absolute Gasteiger partial charge is 0.480 e. The third-order valence-corrected chi connectivity index (χ3v) is 3.26. The molecule has 1 atom stereocenters. The highest BCUT2D eigenvalue weighted by molar-refractivity contribution is 7.89. The molecular weight excluding hydrogens is 206 g/mol. The molecule has 0 aliphatic heterocycles. The van der Waals surface area contributed by atoms with Crippen molar-refractivity contribution in [2.75, 3.05) is 5.75 Å². The van der Waals surface area contributed by atoms with E-state index in [2.05, 4.69) is 4.72 Å². The van der Waals surface area contributed by atoms with Crippen LogP contribution in [0.15, 0.2) is 0 Å². The fourth-order valence-electron chi connectivity index (χ4n) is 1.07. The van der Waals surface area contributed by atoms with E-state index in [1.54, 1.807) is 6.92 Å². The summed E-state index contributed by atoms with van der Waals surface area (Å²) >= 11 is 0. The number of carboxylic acid groups (broad SMARTS) is 1. The van der Waals surface area contributed by atoms with Crippen LogP contribution in [0.25, 0.3) is 0 Å². The van der Waals surface area contributed by atoms with Gasteiger partial charge in [0.2, 0.25) is 10.0 Å². The van der Waals surface area contributed by atoms with Gasteiger partial charge >= 0.3 is 5.97 Å². The summed E-state index contributed by atoms with van der Waals surface area (Å²) in [5.41, 5.74) is 0. The van der Waals surface area contributed by atoms with Crippen LogP contribution in [0.4, 0.5) is 0 Å². The van der Waals surface area contributed by atoms with Gasteiger partial charge in [0.1, 0.15) is 6.04 Å². The van der Waals surface area contributed by atoms with Gasteiger partial charge in [-0.3, -0.25) is 4.79 Å². The number of sulfonamides is 1. The van der Waals surface area contributed by atoms with Crippen LogP contribution in [-0.4, -0.2) is 31.3 Å². The second-order valence-corrected chi connectivity index (χ2v) is 4.99. The Balaban J connectivity index is 4.36. The molecule has 5 nitrogen and oxygen atoms in total. The molecule has 0 aliphatic rings. The zero-order valence-electron chi connectivity index (χ0n) is 8.49. The molecule has 0 saturated heterocycles. The average Bonchev–Trinajstić information content (AvgIpc) is 2.02. The van der Waals surface area contributed by atoms with Crippen LogP contribution in [0.5, 0.6) is 0 Å². The standard InChI is InChI=1S/C8H17NO4S/c1-3-5-7(8(10)11)9-14(12,13)6-4-2/h7,9H,3-6H2,1-2H3,(H,10,11). The summed E-state index contributed by atoms with van der Waals surface area (Å²) in [6.07, 6.45) is 1.43. The normalized spacial score (nSPS) is 13.9. The highest BCUT2D eigenvalue weighted by Crippen LogP contribution is 2.00. The molecular formula is C8H17NO4S. The molecule has 84 valence electrons. The van der Waals surface area contributed by atoms with E-state index in [1.165, 1.54) is 0 Å². The van der Waals surface area contributed by atoms with E-state index in [1.807, 2.05) is 6.92 Å². The van der Waals surface area contributed by atoms with E-state index in [4.69, 9.17) is 5.11 Å². The second-order valence-electron chi connectivity index (χ2n) is 3.12.